The zero-order valence-corrected chi connectivity index (χ0v) is 21.7. The van der Waals surface area contributed by atoms with Gasteiger partial charge in [0.1, 0.15) is 5.76 Å². The van der Waals surface area contributed by atoms with Crippen LogP contribution in [0.4, 0.5) is 0 Å². The number of guanidine groups is 1. The highest BCUT2D eigenvalue weighted by atomic mass is 127. The van der Waals surface area contributed by atoms with E-state index >= 15 is 0 Å². The van der Waals surface area contributed by atoms with Gasteiger partial charge in [0, 0.05) is 69.0 Å². The Morgan fingerprint density at radius 2 is 2.00 bits per heavy atom. The van der Waals surface area contributed by atoms with Crippen molar-refractivity contribution < 1.29 is 4.52 Å². The molecule has 1 fully saturated rings. The number of aromatic amines is 1. The number of fused-ring (bicyclic) bond motifs is 1. The third kappa shape index (κ3) is 5.83. The van der Waals surface area contributed by atoms with Crippen LogP contribution in [0, 0.1) is 6.92 Å². The summed E-state index contributed by atoms with van der Waals surface area (Å²) in [4.78, 5) is 13.2. The minimum atomic E-state index is 0. The molecule has 2 aromatic heterocycles. The summed E-state index contributed by atoms with van der Waals surface area (Å²) >= 11 is 0. The number of H-pyrrole nitrogens is 1. The van der Waals surface area contributed by atoms with Gasteiger partial charge in [-0.2, -0.15) is 0 Å². The lowest BCUT2D eigenvalue weighted by atomic mass is 10.1. The second kappa shape index (κ2) is 11.7. The van der Waals surface area contributed by atoms with Crippen molar-refractivity contribution in [3.63, 3.8) is 0 Å². The highest BCUT2D eigenvalue weighted by Crippen LogP contribution is 2.22. The number of piperazine rings is 1. The number of hydrogen-bond acceptors (Lipinski definition) is 4. The quantitative estimate of drug-likeness (QED) is 0.265. The standard InChI is InChI=1S/C24H34N6O.HI/c1-4-19-7-6-8-22-20(16-27-23(19)22)9-10-26-24(25-5-2)30-13-11-29(12-14-30)17-21-15-18(3)31-28-21;/h6-8,15-16,27H,4-5,9-14,17H2,1-3H3,(H,25,26);1H. The molecule has 32 heavy (non-hydrogen) atoms. The fraction of sp³-hybridized carbons (Fsp3) is 0.500. The number of aliphatic imine (C=N–C) groups is 1. The van der Waals surface area contributed by atoms with Crippen LogP contribution in [-0.2, 0) is 19.4 Å². The molecule has 0 aliphatic carbocycles. The Labute approximate surface area is 207 Å². The third-order valence-corrected chi connectivity index (χ3v) is 5.98. The van der Waals surface area contributed by atoms with Gasteiger partial charge in [-0.1, -0.05) is 30.3 Å². The Balaban J connectivity index is 0.00000289. The molecular formula is C24H35IN6O. The van der Waals surface area contributed by atoms with Crippen molar-refractivity contribution in [1.29, 1.82) is 0 Å². The molecule has 174 valence electrons. The molecule has 1 saturated heterocycles. The van der Waals surface area contributed by atoms with Crippen LogP contribution in [0.15, 0.2) is 40.0 Å². The number of halogens is 1. The number of aromatic nitrogens is 2. The van der Waals surface area contributed by atoms with Gasteiger partial charge in [0.15, 0.2) is 5.96 Å². The maximum atomic E-state index is 5.19. The molecule has 0 bridgehead atoms. The molecule has 2 N–H and O–H groups in total. The number of benzene rings is 1. The van der Waals surface area contributed by atoms with Crippen molar-refractivity contribution in [2.75, 3.05) is 39.3 Å². The topological polar surface area (TPSA) is 72.7 Å². The number of nitrogens with one attached hydrogen (secondary N) is 2. The lowest BCUT2D eigenvalue weighted by Gasteiger charge is -2.36. The van der Waals surface area contributed by atoms with Crippen LogP contribution < -0.4 is 5.32 Å². The predicted molar refractivity (Wildman–Crippen MR) is 141 cm³/mol. The maximum Gasteiger partial charge on any atom is 0.194 e. The van der Waals surface area contributed by atoms with Gasteiger partial charge in [-0.25, -0.2) is 0 Å². The summed E-state index contributed by atoms with van der Waals surface area (Å²) in [5, 5.41) is 8.93. The van der Waals surface area contributed by atoms with E-state index in [9.17, 15) is 0 Å². The van der Waals surface area contributed by atoms with Crippen molar-refractivity contribution in [2.24, 2.45) is 4.99 Å². The first kappa shape index (κ1) is 24.6. The second-order valence-corrected chi connectivity index (χ2v) is 8.18. The SMILES string of the molecule is CCNC(=NCCc1c[nH]c2c(CC)cccc12)N1CCN(Cc2cc(C)on2)CC1.I. The Morgan fingerprint density at radius 3 is 2.69 bits per heavy atom. The van der Waals surface area contributed by atoms with Crippen LogP contribution in [-0.4, -0.2) is 65.2 Å². The minimum absolute atomic E-state index is 0. The molecule has 1 aliphatic rings. The van der Waals surface area contributed by atoms with Gasteiger partial charge in [-0.05, 0) is 37.8 Å². The average molecular weight is 550 g/mol. The predicted octanol–water partition coefficient (Wildman–Crippen LogP) is 3.97. The van der Waals surface area contributed by atoms with E-state index in [-0.39, 0.29) is 24.0 Å². The Morgan fingerprint density at radius 1 is 1.19 bits per heavy atom. The number of nitrogens with zero attached hydrogens (tertiary/aromatic N) is 4. The van der Waals surface area contributed by atoms with E-state index in [4.69, 9.17) is 9.52 Å². The van der Waals surface area contributed by atoms with Crippen molar-refractivity contribution >= 4 is 40.8 Å². The van der Waals surface area contributed by atoms with Gasteiger partial charge >= 0.3 is 0 Å². The monoisotopic (exact) mass is 550 g/mol. The molecule has 0 unspecified atom stereocenters. The van der Waals surface area contributed by atoms with Crippen LogP contribution in [0.25, 0.3) is 10.9 Å². The van der Waals surface area contributed by atoms with Gasteiger partial charge in [0.25, 0.3) is 0 Å². The maximum absolute atomic E-state index is 5.19. The van der Waals surface area contributed by atoms with E-state index in [2.05, 4.69) is 63.5 Å². The molecule has 8 heteroatoms. The van der Waals surface area contributed by atoms with E-state index in [1.807, 2.05) is 13.0 Å². The van der Waals surface area contributed by atoms with Crippen molar-refractivity contribution in [3.8, 4) is 0 Å². The van der Waals surface area contributed by atoms with E-state index < -0.39 is 0 Å². The summed E-state index contributed by atoms with van der Waals surface area (Å²) in [6, 6.07) is 8.59. The molecule has 7 nitrogen and oxygen atoms in total. The summed E-state index contributed by atoms with van der Waals surface area (Å²) < 4.78 is 5.19. The molecule has 0 atom stereocenters. The molecule has 1 aliphatic heterocycles. The van der Waals surface area contributed by atoms with Gasteiger partial charge in [0.2, 0.25) is 0 Å². The fourth-order valence-electron chi connectivity index (χ4n) is 4.32. The second-order valence-electron chi connectivity index (χ2n) is 8.18. The van der Waals surface area contributed by atoms with E-state index in [1.54, 1.807) is 0 Å². The molecular weight excluding hydrogens is 515 g/mol. The van der Waals surface area contributed by atoms with Gasteiger partial charge < -0.3 is 19.7 Å². The van der Waals surface area contributed by atoms with Crippen molar-refractivity contribution in [3.05, 3.63) is 53.0 Å². The Hall–Kier alpha value is -2.07. The number of aryl methyl sites for hydroxylation is 2. The first-order chi connectivity index (χ1) is 15.2. The van der Waals surface area contributed by atoms with Crippen LogP contribution in [0.3, 0.4) is 0 Å². The van der Waals surface area contributed by atoms with Gasteiger partial charge in [-0.3, -0.25) is 9.89 Å². The summed E-state index contributed by atoms with van der Waals surface area (Å²) in [6.07, 6.45) is 4.13. The fourth-order valence-corrected chi connectivity index (χ4v) is 4.32. The Kier molecular flexibility index (Phi) is 8.98. The third-order valence-electron chi connectivity index (χ3n) is 5.98. The zero-order valence-electron chi connectivity index (χ0n) is 19.4. The lowest BCUT2D eigenvalue weighted by Crippen LogP contribution is -2.52. The van der Waals surface area contributed by atoms with Crippen LogP contribution in [0.5, 0.6) is 0 Å². The highest BCUT2D eigenvalue weighted by molar-refractivity contribution is 14.0. The summed E-state index contributed by atoms with van der Waals surface area (Å²) in [7, 11) is 0. The van der Waals surface area contributed by atoms with Crippen LogP contribution in [0.2, 0.25) is 0 Å². The van der Waals surface area contributed by atoms with Crippen molar-refractivity contribution in [1.82, 2.24) is 25.3 Å². The Bertz CT molecular complexity index is 1020. The number of rotatable bonds is 7. The van der Waals surface area contributed by atoms with E-state index in [0.29, 0.717) is 0 Å². The normalized spacial score (nSPS) is 15.2. The molecule has 4 rings (SSSR count). The highest BCUT2D eigenvalue weighted by Gasteiger charge is 2.20. The first-order valence-electron chi connectivity index (χ1n) is 11.4. The van der Waals surface area contributed by atoms with Gasteiger partial charge in [0.05, 0.1) is 5.69 Å². The molecule has 0 spiro atoms. The zero-order chi connectivity index (χ0) is 21.6. The molecule has 0 saturated carbocycles. The summed E-state index contributed by atoms with van der Waals surface area (Å²) in [5.41, 5.74) is 5.00. The van der Waals surface area contributed by atoms with E-state index in [1.165, 1.54) is 22.0 Å². The van der Waals surface area contributed by atoms with Crippen molar-refractivity contribution in [2.45, 2.75) is 40.2 Å². The molecule has 0 amide bonds. The summed E-state index contributed by atoms with van der Waals surface area (Å²) in [5.74, 6) is 1.89. The van der Waals surface area contributed by atoms with Gasteiger partial charge in [-0.15, -0.1) is 24.0 Å². The molecule has 0 radical (unpaired) electrons. The largest absolute Gasteiger partial charge is 0.361 e. The summed E-state index contributed by atoms with van der Waals surface area (Å²) in [6.45, 7) is 12.7. The van der Waals surface area contributed by atoms with Crippen LogP contribution in [0.1, 0.15) is 36.4 Å². The smallest absolute Gasteiger partial charge is 0.194 e. The van der Waals surface area contributed by atoms with Crippen LogP contribution >= 0.6 is 24.0 Å². The minimum Gasteiger partial charge on any atom is -0.361 e. The molecule has 1 aromatic carbocycles. The number of para-hydroxylation sites is 1. The lowest BCUT2D eigenvalue weighted by molar-refractivity contribution is 0.169. The first-order valence-corrected chi connectivity index (χ1v) is 11.4. The molecule has 3 aromatic rings. The number of hydrogen-bond donors (Lipinski definition) is 2. The van der Waals surface area contributed by atoms with E-state index in [0.717, 1.165) is 76.1 Å². The molecule has 3 heterocycles. The average Bonchev–Trinajstić information content (AvgIpc) is 3.39.